The van der Waals surface area contributed by atoms with E-state index in [0.717, 1.165) is 0 Å². The van der Waals surface area contributed by atoms with Crippen molar-refractivity contribution in [2.24, 2.45) is 0 Å². The van der Waals surface area contributed by atoms with E-state index in [1.54, 1.807) is 0 Å². The van der Waals surface area contributed by atoms with Crippen LogP contribution in [0.25, 0.3) is 0 Å². The zero-order valence-corrected chi connectivity index (χ0v) is 12.7. The average Bonchev–Trinajstić information content (AvgIpc) is 2.47. The van der Waals surface area contributed by atoms with Crippen LogP contribution in [0.4, 0.5) is 0 Å². The van der Waals surface area contributed by atoms with Gasteiger partial charge in [0, 0.05) is 0 Å². The molecule has 0 aromatic heterocycles. The molecule has 0 saturated carbocycles. The molecule has 1 aliphatic heterocycles. The van der Waals surface area contributed by atoms with Crippen LogP contribution in [0.15, 0.2) is 0 Å². The number of rotatable bonds is 1. The molecule has 0 aromatic rings. The third kappa shape index (κ3) is 10.8. The highest BCUT2D eigenvalue weighted by atomic mass is 16.6. The van der Waals surface area contributed by atoms with Gasteiger partial charge in [0.05, 0.1) is 72.7 Å². The fraction of sp³-hybridized carbons (Fsp3) is 0.929. The van der Waals surface area contributed by atoms with Crippen LogP contribution in [0.1, 0.15) is 6.92 Å². The molecule has 1 heterocycles. The summed E-state index contributed by atoms with van der Waals surface area (Å²) in [6, 6.07) is 0. The van der Waals surface area contributed by atoms with Gasteiger partial charge < -0.3 is 28.4 Å². The Kier molecular flexibility index (Phi) is 11.5. The predicted molar refractivity (Wildman–Crippen MR) is 74.5 cm³/mol. The Morgan fingerprint density at radius 3 is 1.48 bits per heavy atom. The van der Waals surface area contributed by atoms with Gasteiger partial charge in [0.15, 0.2) is 5.78 Å². The summed E-state index contributed by atoms with van der Waals surface area (Å²) in [5, 5.41) is 0. The molecule has 124 valence electrons. The molecule has 0 aromatic carbocycles. The van der Waals surface area contributed by atoms with E-state index in [0.29, 0.717) is 66.1 Å². The van der Waals surface area contributed by atoms with Gasteiger partial charge in [0.1, 0.15) is 6.10 Å². The summed E-state index contributed by atoms with van der Waals surface area (Å²) in [6.45, 7) is 6.52. The summed E-state index contributed by atoms with van der Waals surface area (Å²) < 4.78 is 32.2. The molecule has 0 aliphatic carbocycles. The fourth-order valence-electron chi connectivity index (χ4n) is 1.60. The standard InChI is InChI=1S/C14H26O7/c1-13(15)14-12-20-9-8-18-5-4-16-2-3-17-6-7-19-10-11-21-14/h14H,2-12H2,1H3. The van der Waals surface area contributed by atoms with Gasteiger partial charge >= 0.3 is 0 Å². The lowest BCUT2D eigenvalue weighted by Crippen LogP contribution is -2.29. The van der Waals surface area contributed by atoms with Crippen LogP contribution in [0.5, 0.6) is 0 Å². The van der Waals surface area contributed by atoms with Crippen molar-refractivity contribution in [2.45, 2.75) is 13.0 Å². The normalized spacial score (nSPS) is 25.7. The highest BCUT2D eigenvalue weighted by Crippen LogP contribution is 1.97. The van der Waals surface area contributed by atoms with E-state index in [-0.39, 0.29) is 12.4 Å². The fourth-order valence-corrected chi connectivity index (χ4v) is 1.60. The van der Waals surface area contributed by atoms with Crippen molar-refractivity contribution < 1.29 is 33.2 Å². The molecule has 0 N–H and O–H groups in total. The number of ether oxygens (including phenoxy) is 6. The first-order chi connectivity index (χ1) is 10.3. The van der Waals surface area contributed by atoms with Gasteiger partial charge in [0.25, 0.3) is 0 Å². The maximum atomic E-state index is 11.4. The molecule has 0 spiro atoms. The Labute approximate surface area is 125 Å². The van der Waals surface area contributed by atoms with Gasteiger partial charge in [-0.05, 0) is 6.92 Å². The van der Waals surface area contributed by atoms with Crippen molar-refractivity contribution in [3.05, 3.63) is 0 Å². The lowest BCUT2D eigenvalue weighted by atomic mass is 10.3. The first-order valence-corrected chi connectivity index (χ1v) is 7.31. The minimum atomic E-state index is -0.549. The lowest BCUT2D eigenvalue weighted by molar-refractivity contribution is -0.134. The number of Topliss-reactive ketones (excluding diaryl/α,β-unsaturated/α-hetero) is 1. The summed E-state index contributed by atoms with van der Waals surface area (Å²) in [6.07, 6.45) is -0.549. The van der Waals surface area contributed by atoms with Crippen LogP contribution >= 0.6 is 0 Å². The Bertz CT molecular complexity index is 242. The van der Waals surface area contributed by atoms with Gasteiger partial charge in [-0.15, -0.1) is 0 Å². The van der Waals surface area contributed by atoms with E-state index < -0.39 is 6.10 Å². The minimum absolute atomic E-state index is 0.0537. The molecule has 1 rings (SSSR count). The number of hydrogen-bond donors (Lipinski definition) is 0. The maximum Gasteiger partial charge on any atom is 0.160 e. The number of hydrogen-bond acceptors (Lipinski definition) is 7. The first-order valence-electron chi connectivity index (χ1n) is 7.31. The van der Waals surface area contributed by atoms with Crippen molar-refractivity contribution in [1.82, 2.24) is 0 Å². The molecule has 0 amide bonds. The van der Waals surface area contributed by atoms with Crippen LogP contribution in [0, 0.1) is 0 Å². The Balaban J connectivity index is 2.23. The molecule has 21 heavy (non-hydrogen) atoms. The Morgan fingerprint density at radius 1 is 0.667 bits per heavy atom. The quantitative estimate of drug-likeness (QED) is 0.678. The number of carbonyl (C=O) groups excluding carboxylic acids is 1. The predicted octanol–water partition coefficient (Wildman–Crippen LogP) is 0.0572. The highest BCUT2D eigenvalue weighted by Gasteiger charge is 2.14. The van der Waals surface area contributed by atoms with E-state index in [1.165, 1.54) is 6.92 Å². The summed E-state index contributed by atoms with van der Waals surface area (Å²) in [5.74, 6) is -0.0537. The summed E-state index contributed by atoms with van der Waals surface area (Å²) >= 11 is 0. The maximum absolute atomic E-state index is 11.4. The summed E-state index contributed by atoms with van der Waals surface area (Å²) in [4.78, 5) is 11.4. The largest absolute Gasteiger partial charge is 0.377 e. The van der Waals surface area contributed by atoms with Gasteiger partial charge in [-0.1, -0.05) is 0 Å². The van der Waals surface area contributed by atoms with Crippen LogP contribution in [-0.2, 0) is 33.2 Å². The molecule has 1 unspecified atom stereocenters. The van der Waals surface area contributed by atoms with E-state index in [9.17, 15) is 4.79 Å². The SMILES string of the molecule is CC(=O)C1COCCOCCOCCOCCOCCO1. The molecule has 1 saturated heterocycles. The first kappa shape index (κ1) is 18.5. The second-order valence-electron chi connectivity index (χ2n) is 4.49. The van der Waals surface area contributed by atoms with Crippen LogP contribution < -0.4 is 0 Å². The van der Waals surface area contributed by atoms with Gasteiger partial charge in [0.2, 0.25) is 0 Å². The molecule has 0 radical (unpaired) electrons. The second-order valence-corrected chi connectivity index (χ2v) is 4.49. The molecular weight excluding hydrogens is 280 g/mol. The van der Waals surface area contributed by atoms with Crippen molar-refractivity contribution in [3.8, 4) is 0 Å². The molecule has 7 nitrogen and oxygen atoms in total. The number of ketones is 1. The van der Waals surface area contributed by atoms with Crippen molar-refractivity contribution in [1.29, 1.82) is 0 Å². The zero-order chi connectivity index (χ0) is 15.2. The molecular formula is C14H26O7. The van der Waals surface area contributed by atoms with Crippen molar-refractivity contribution in [3.63, 3.8) is 0 Å². The Hall–Kier alpha value is -0.570. The number of carbonyl (C=O) groups is 1. The molecule has 0 bridgehead atoms. The molecule has 1 atom stereocenters. The topological polar surface area (TPSA) is 72.5 Å². The zero-order valence-electron chi connectivity index (χ0n) is 12.7. The molecule has 1 fully saturated rings. The van der Waals surface area contributed by atoms with Crippen LogP contribution in [0.2, 0.25) is 0 Å². The smallest absolute Gasteiger partial charge is 0.160 e. The van der Waals surface area contributed by atoms with E-state index in [1.807, 2.05) is 0 Å². The van der Waals surface area contributed by atoms with E-state index in [4.69, 9.17) is 28.4 Å². The second kappa shape index (κ2) is 13.1. The van der Waals surface area contributed by atoms with E-state index >= 15 is 0 Å². The molecule has 7 heteroatoms. The van der Waals surface area contributed by atoms with Crippen molar-refractivity contribution in [2.75, 3.05) is 72.7 Å². The van der Waals surface area contributed by atoms with Gasteiger partial charge in [-0.25, -0.2) is 0 Å². The summed E-state index contributed by atoms with van der Waals surface area (Å²) in [7, 11) is 0. The van der Waals surface area contributed by atoms with Crippen LogP contribution in [0.3, 0.4) is 0 Å². The minimum Gasteiger partial charge on any atom is -0.377 e. The van der Waals surface area contributed by atoms with Crippen LogP contribution in [-0.4, -0.2) is 84.6 Å². The monoisotopic (exact) mass is 306 g/mol. The summed E-state index contributed by atoms with van der Waals surface area (Å²) in [5.41, 5.74) is 0. The van der Waals surface area contributed by atoms with Crippen molar-refractivity contribution >= 4 is 5.78 Å². The van der Waals surface area contributed by atoms with E-state index in [2.05, 4.69) is 0 Å². The highest BCUT2D eigenvalue weighted by molar-refractivity contribution is 5.80. The Morgan fingerprint density at radius 2 is 1.05 bits per heavy atom. The van der Waals surface area contributed by atoms with Gasteiger partial charge in [-0.2, -0.15) is 0 Å². The van der Waals surface area contributed by atoms with Gasteiger partial charge in [-0.3, -0.25) is 4.79 Å². The average molecular weight is 306 g/mol. The molecule has 1 aliphatic rings. The third-order valence-electron chi connectivity index (χ3n) is 2.76. The lowest BCUT2D eigenvalue weighted by Gasteiger charge is -2.16. The third-order valence-corrected chi connectivity index (χ3v) is 2.76.